The summed E-state index contributed by atoms with van der Waals surface area (Å²) in [5.41, 5.74) is 7.14. The Kier molecular flexibility index (Phi) is 4.37. The highest BCUT2D eigenvalue weighted by Crippen LogP contribution is 2.23. The van der Waals surface area contributed by atoms with Crippen LogP contribution in [0.5, 0.6) is 0 Å². The Morgan fingerprint density at radius 1 is 1.44 bits per heavy atom. The lowest BCUT2D eigenvalue weighted by atomic mass is 10.0. The van der Waals surface area contributed by atoms with Gasteiger partial charge in [0.15, 0.2) is 0 Å². The van der Waals surface area contributed by atoms with Gasteiger partial charge in [0, 0.05) is 25.0 Å². The molecular formula is C15H22N2O. The maximum Gasteiger partial charge on any atom is 0.224 e. The van der Waals surface area contributed by atoms with Crippen LogP contribution in [0.3, 0.4) is 0 Å². The van der Waals surface area contributed by atoms with Crippen molar-refractivity contribution in [2.45, 2.75) is 44.7 Å². The lowest BCUT2D eigenvalue weighted by Crippen LogP contribution is -2.36. The maximum absolute atomic E-state index is 12.2. The molecule has 2 N–H and O–H groups in total. The molecule has 0 saturated carbocycles. The van der Waals surface area contributed by atoms with Crippen LogP contribution in [0.4, 0.5) is 0 Å². The molecule has 1 aliphatic rings. The second-order valence-corrected chi connectivity index (χ2v) is 5.01. The van der Waals surface area contributed by atoms with Gasteiger partial charge in [-0.1, -0.05) is 37.3 Å². The molecule has 1 heterocycles. The van der Waals surface area contributed by atoms with E-state index in [0.29, 0.717) is 12.5 Å². The monoisotopic (exact) mass is 246 g/mol. The van der Waals surface area contributed by atoms with E-state index in [2.05, 4.69) is 6.92 Å². The molecule has 0 bridgehead atoms. The van der Waals surface area contributed by atoms with Crippen molar-refractivity contribution >= 4 is 5.91 Å². The van der Waals surface area contributed by atoms with Crippen molar-refractivity contribution in [2.24, 2.45) is 5.73 Å². The molecule has 0 aliphatic carbocycles. The van der Waals surface area contributed by atoms with E-state index in [1.807, 2.05) is 35.2 Å². The first-order chi connectivity index (χ1) is 8.72. The van der Waals surface area contributed by atoms with Gasteiger partial charge in [-0.15, -0.1) is 0 Å². The van der Waals surface area contributed by atoms with Gasteiger partial charge in [-0.3, -0.25) is 4.79 Å². The molecule has 3 heteroatoms. The molecule has 3 nitrogen and oxygen atoms in total. The average molecular weight is 246 g/mol. The fraction of sp³-hybridized carbons (Fsp3) is 0.533. The van der Waals surface area contributed by atoms with Gasteiger partial charge in [0.2, 0.25) is 5.91 Å². The van der Waals surface area contributed by atoms with Gasteiger partial charge in [0.25, 0.3) is 0 Å². The number of hydrogen-bond acceptors (Lipinski definition) is 2. The molecule has 2 unspecified atom stereocenters. The Morgan fingerprint density at radius 2 is 2.17 bits per heavy atom. The molecular weight excluding hydrogens is 224 g/mol. The van der Waals surface area contributed by atoms with Crippen LogP contribution >= 0.6 is 0 Å². The summed E-state index contributed by atoms with van der Waals surface area (Å²) in [6.07, 6.45) is 3.74. The first kappa shape index (κ1) is 13.1. The second kappa shape index (κ2) is 6.01. The number of amides is 1. The van der Waals surface area contributed by atoms with Crippen LogP contribution in [0.25, 0.3) is 0 Å². The molecule has 0 aromatic heterocycles. The quantitative estimate of drug-likeness (QED) is 0.887. The minimum absolute atomic E-state index is 0.184. The number of likely N-dealkylation sites (tertiary alicyclic amines) is 1. The van der Waals surface area contributed by atoms with E-state index in [1.54, 1.807) is 0 Å². The molecule has 1 aliphatic heterocycles. The zero-order valence-electron chi connectivity index (χ0n) is 11.0. The van der Waals surface area contributed by atoms with Crippen molar-refractivity contribution in [1.29, 1.82) is 0 Å². The Morgan fingerprint density at radius 3 is 2.83 bits per heavy atom. The van der Waals surface area contributed by atoms with Crippen molar-refractivity contribution < 1.29 is 4.79 Å². The molecule has 0 spiro atoms. The van der Waals surface area contributed by atoms with Crippen molar-refractivity contribution in [3.8, 4) is 0 Å². The average Bonchev–Trinajstić information content (AvgIpc) is 2.88. The molecule has 1 fully saturated rings. The number of nitrogens with zero attached hydrogens (tertiary/aromatic N) is 1. The van der Waals surface area contributed by atoms with Crippen molar-refractivity contribution in [3.05, 3.63) is 35.9 Å². The number of benzene rings is 1. The largest absolute Gasteiger partial charge is 0.340 e. The van der Waals surface area contributed by atoms with E-state index in [-0.39, 0.29) is 11.9 Å². The molecule has 1 amide bonds. The zero-order chi connectivity index (χ0) is 13.0. The predicted octanol–water partition coefficient (Wildman–Crippen LogP) is 2.48. The Labute approximate surface area is 109 Å². The third kappa shape index (κ3) is 2.91. The Bertz CT molecular complexity index is 391. The van der Waals surface area contributed by atoms with Gasteiger partial charge < -0.3 is 10.6 Å². The summed E-state index contributed by atoms with van der Waals surface area (Å²) in [5.74, 6) is 0.204. The first-order valence-corrected chi connectivity index (χ1v) is 6.82. The van der Waals surface area contributed by atoms with E-state index in [0.717, 1.165) is 31.4 Å². The van der Waals surface area contributed by atoms with Gasteiger partial charge in [-0.25, -0.2) is 0 Å². The third-order valence-electron chi connectivity index (χ3n) is 3.79. The van der Waals surface area contributed by atoms with Gasteiger partial charge in [0.1, 0.15) is 0 Å². The maximum atomic E-state index is 12.2. The number of nitrogens with two attached hydrogens (primary N) is 1. The molecule has 1 saturated heterocycles. The summed E-state index contributed by atoms with van der Waals surface area (Å²) in [6.45, 7) is 3.05. The molecule has 18 heavy (non-hydrogen) atoms. The minimum Gasteiger partial charge on any atom is -0.340 e. The second-order valence-electron chi connectivity index (χ2n) is 5.01. The van der Waals surface area contributed by atoms with Crippen LogP contribution in [0, 0.1) is 0 Å². The van der Waals surface area contributed by atoms with Crippen molar-refractivity contribution in [1.82, 2.24) is 4.90 Å². The molecule has 0 radical (unpaired) electrons. The van der Waals surface area contributed by atoms with Gasteiger partial charge in [0.05, 0.1) is 0 Å². The number of carbonyl (C=O) groups is 1. The number of rotatable bonds is 4. The summed E-state index contributed by atoms with van der Waals surface area (Å²) in [4.78, 5) is 14.3. The summed E-state index contributed by atoms with van der Waals surface area (Å²) in [5, 5.41) is 0. The molecule has 2 atom stereocenters. The normalized spacial score (nSPS) is 21.0. The first-order valence-electron chi connectivity index (χ1n) is 6.82. The van der Waals surface area contributed by atoms with Crippen LogP contribution < -0.4 is 5.73 Å². The van der Waals surface area contributed by atoms with E-state index in [1.165, 1.54) is 0 Å². The highest BCUT2D eigenvalue weighted by atomic mass is 16.2. The van der Waals surface area contributed by atoms with Gasteiger partial charge in [-0.05, 0) is 24.8 Å². The summed E-state index contributed by atoms with van der Waals surface area (Å²) >= 11 is 0. The lowest BCUT2D eigenvalue weighted by Gasteiger charge is -2.25. The molecule has 1 aromatic rings. The van der Waals surface area contributed by atoms with Crippen LogP contribution in [0.2, 0.25) is 0 Å². The fourth-order valence-corrected chi connectivity index (χ4v) is 2.71. The Balaban J connectivity index is 1.95. The standard InChI is InChI=1S/C15H22N2O/c1-2-13-9-6-10-17(13)15(18)11-14(16)12-7-4-3-5-8-12/h3-5,7-8,13-14H,2,6,9-11,16H2,1H3. The lowest BCUT2D eigenvalue weighted by molar-refractivity contribution is -0.132. The van der Waals surface area contributed by atoms with E-state index in [9.17, 15) is 4.79 Å². The van der Waals surface area contributed by atoms with Gasteiger partial charge >= 0.3 is 0 Å². The smallest absolute Gasteiger partial charge is 0.224 e. The minimum atomic E-state index is -0.184. The van der Waals surface area contributed by atoms with Crippen LogP contribution in [-0.2, 0) is 4.79 Å². The van der Waals surface area contributed by atoms with Crippen molar-refractivity contribution in [3.63, 3.8) is 0 Å². The van der Waals surface area contributed by atoms with E-state index >= 15 is 0 Å². The SMILES string of the molecule is CCC1CCCN1C(=O)CC(N)c1ccccc1. The molecule has 2 rings (SSSR count). The summed E-state index contributed by atoms with van der Waals surface area (Å²) in [6, 6.07) is 10.1. The van der Waals surface area contributed by atoms with E-state index in [4.69, 9.17) is 5.73 Å². The summed E-state index contributed by atoms with van der Waals surface area (Å²) < 4.78 is 0. The fourth-order valence-electron chi connectivity index (χ4n) is 2.71. The summed E-state index contributed by atoms with van der Waals surface area (Å²) in [7, 11) is 0. The van der Waals surface area contributed by atoms with Crippen molar-refractivity contribution in [2.75, 3.05) is 6.54 Å². The highest BCUT2D eigenvalue weighted by Gasteiger charge is 2.28. The van der Waals surface area contributed by atoms with Crippen LogP contribution in [0.15, 0.2) is 30.3 Å². The number of hydrogen-bond donors (Lipinski definition) is 1. The molecule has 1 aromatic carbocycles. The third-order valence-corrected chi connectivity index (χ3v) is 3.79. The highest BCUT2D eigenvalue weighted by molar-refractivity contribution is 5.77. The van der Waals surface area contributed by atoms with Gasteiger partial charge in [-0.2, -0.15) is 0 Å². The number of carbonyl (C=O) groups excluding carboxylic acids is 1. The Hall–Kier alpha value is -1.35. The molecule has 98 valence electrons. The van der Waals surface area contributed by atoms with E-state index < -0.39 is 0 Å². The topological polar surface area (TPSA) is 46.3 Å². The van der Waals surface area contributed by atoms with Crippen LogP contribution in [-0.4, -0.2) is 23.4 Å². The predicted molar refractivity (Wildman–Crippen MR) is 73.0 cm³/mol. The van der Waals surface area contributed by atoms with Crippen LogP contribution in [0.1, 0.15) is 44.2 Å². The zero-order valence-corrected chi connectivity index (χ0v) is 11.0.